The molecule has 0 saturated heterocycles. The number of aldehydes is 1. The van der Waals surface area contributed by atoms with Crippen molar-refractivity contribution in [3.63, 3.8) is 0 Å². The minimum atomic E-state index is -0.237. The van der Waals surface area contributed by atoms with Crippen molar-refractivity contribution in [3.05, 3.63) is 30.1 Å². The minimum Gasteiger partial charge on any atom is -0.327 e. The first kappa shape index (κ1) is 8.87. The van der Waals surface area contributed by atoms with E-state index in [-0.39, 0.29) is 12.0 Å². The molecule has 0 aliphatic carbocycles. The number of carbonyl (C=O) groups is 1. The van der Waals surface area contributed by atoms with Gasteiger partial charge in [0.25, 0.3) is 0 Å². The Labute approximate surface area is 71.6 Å². The van der Waals surface area contributed by atoms with E-state index in [1.165, 1.54) is 0 Å². The van der Waals surface area contributed by atoms with Gasteiger partial charge in [0.05, 0.1) is 5.92 Å². The third-order valence-corrected chi connectivity index (χ3v) is 1.78. The summed E-state index contributed by atoms with van der Waals surface area (Å²) in [5.41, 5.74) is 6.50. The van der Waals surface area contributed by atoms with Crippen LogP contribution in [-0.2, 0) is 4.79 Å². The highest BCUT2D eigenvalue weighted by Gasteiger charge is 2.14. The highest BCUT2D eigenvalue weighted by atomic mass is 16.1. The first-order valence-corrected chi connectivity index (χ1v) is 3.86. The van der Waals surface area contributed by atoms with Crippen LogP contribution < -0.4 is 5.73 Å². The number of nitrogens with zero attached hydrogens (tertiary/aromatic N) is 1. The predicted octanol–water partition coefficient (Wildman–Crippen LogP) is 0.711. The molecule has 2 atom stereocenters. The van der Waals surface area contributed by atoms with Crippen LogP contribution >= 0.6 is 0 Å². The highest BCUT2D eigenvalue weighted by Crippen LogP contribution is 2.14. The molecule has 2 unspecified atom stereocenters. The van der Waals surface area contributed by atoms with Crippen molar-refractivity contribution in [1.82, 2.24) is 4.98 Å². The van der Waals surface area contributed by atoms with Crippen molar-refractivity contribution in [2.45, 2.75) is 18.9 Å². The number of nitrogens with two attached hydrogens (primary N) is 1. The average molecular weight is 164 g/mol. The molecular formula is C9H12N2O. The van der Waals surface area contributed by atoms with Gasteiger partial charge < -0.3 is 10.5 Å². The number of pyridine rings is 1. The summed E-state index contributed by atoms with van der Waals surface area (Å²) >= 11 is 0. The fraction of sp³-hybridized carbons (Fsp3) is 0.333. The zero-order valence-corrected chi connectivity index (χ0v) is 6.97. The Hall–Kier alpha value is -1.22. The van der Waals surface area contributed by atoms with E-state index in [1.54, 1.807) is 18.5 Å². The molecule has 3 heteroatoms. The van der Waals surface area contributed by atoms with E-state index in [2.05, 4.69) is 4.98 Å². The monoisotopic (exact) mass is 164 g/mol. The maximum Gasteiger partial charge on any atom is 0.129 e. The van der Waals surface area contributed by atoms with Crippen LogP contribution in [0.5, 0.6) is 0 Å². The topological polar surface area (TPSA) is 56.0 Å². The molecule has 0 spiro atoms. The quantitative estimate of drug-likeness (QED) is 0.669. The lowest BCUT2D eigenvalue weighted by Gasteiger charge is -2.13. The van der Waals surface area contributed by atoms with E-state index in [9.17, 15) is 4.79 Å². The largest absolute Gasteiger partial charge is 0.327 e. The Morgan fingerprint density at radius 3 is 2.83 bits per heavy atom. The molecular weight excluding hydrogens is 152 g/mol. The molecule has 3 nitrogen and oxygen atoms in total. The van der Waals surface area contributed by atoms with E-state index in [0.29, 0.717) is 0 Å². The number of aromatic nitrogens is 1. The third kappa shape index (κ3) is 1.89. The van der Waals surface area contributed by atoms with Crippen LogP contribution in [0.3, 0.4) is 0 Å². The van der Waals surface area contributed by atoms with Gasteiger partial charge in [0.1, 0.15) is 6.29 Å². The predicted molar refractivity (Wildman–Crippen MR) is 46.7 cm³/mol. The van der Waals surface area contributed by atoms with Gasteiger partial charge in [-0.05, 0) is 18.6 Å². The van der Waals surface area contributed by atoms with Crippen molar-refractivity contribution in [2.75, 3.05) is 0 Å². The Morgan fingerprint density at radius 1 is 1.67 bits per heavy atom. The smallest absolute Gasteiger partial charge is 0.129 e. The van der Waals surface area contributed by atoms with Crippen LogP contribution in [0.25, 0.3) is 0 Å². The second-order valence-electron chi connectivity index (χ2n) is 2.81. The average Bonchev–Trinajstić information content (AvgIpc) is 2.07. The van der Waals surface area contributed by atoms with Crippen molar-refractivity contribution in [2.24, 2.45) is 5.73 Å². The fourth-order valence-electron chi connectivity index (χ4n) is 1.08. The van der Waals surface area contributed by atoms with E-state index in [4.69, 9.17) is 5.73 Å². The Bertz CT molecular complexity index is 246. The molecule has 64 valence electrons. The lowest BCUT2D eigenvalue weighted by Crippen LogP contribution is -2.25. The normalized spacial score (nSPS) is 15.2. The Kier molecular flexibility index (Phi) is 2.94. The van der Waals surface area contributed by atoms with Gasteiger partial charge in [-0.3, -0.25) is 4.98 Å². The maximum absolute atomic E-state index is 10.6. The number of hydrogen-bond donors (Lipinski definition) is 1. The van der Waals surface area contributed by atoms with E-state index in [1.807, 2.05) is 13.0 Å². The molecule has 0 aromatic carbocycles. The number of carbonyl (C=O) groups excluding carboxylic acids is 1. The number of rotatable bonds is 3. The molecule has 0 aliphatic rings. The van der Waals surface area contributed by atoms with Gasteiger partial charge in [-0.1, -0.05) is 6.07 Å². The highest BCUT2D eigenvalue weighted by molar-refractivity contribution is 5.62. The second kappa shape index (κ2) is 3.97. The van der Waals surface area contributed by atoms with Gasteiger partial charge in [-0.2, -0.15) is 0 Å². The molecule has 1 aromatic rings. The summed E-state index contributed by atoms with van der Waals surface area (Å²) in [6.07, 6.45) is 4.21. The van der Waals surface area contributed by atoms with Gasteiger partial charge >= 0.3 is 0 Å². The molecule has 0 amide bonds. The summed E-state index contributed by atoms with van der Waals surface area (Å²) in [6.45, 7) is 1.81. The van der Waals surface area contributed by atoms with Crippen LogP contribution in [0.15, 0.2) is 24.5 Å². The zero-order chi connectivity index (χ0) is 8.97. The molecule has 1 rings (SSSR count). The summed E-state index contributed by atoms with van der Waals surface area (Å²) in [5, 5.41) is 0. The molecule has 1 aromatic heterocycles. The van der Waals surface area contributed by atoms with Crippen molar-refractivity contribution < 1.29 is 4.79 Å². The first-order valence-electron chi connectivity index (χ1n) is 3.86. The minimum absolute atomic E-state index is 0.160. The van der Waals surface area contributed by atoms with Gasteiger partial charge in [-0.15, -0.1) is 0 Å². The van der Waals surface area contributed by atoms with Crippen LogP contribution in [0, 0.1) is 0 Å². The maximum atomic E-state index is 10.6. The zero-order valence-electron chi connectivity index (χ0n) is 6.97. The Balaban J connectivity index is 2.88. The summed E-state index contributed by atoms with van der Waals surface area (Å²) in [6, 6.07) is 3.50. The molecule has 0 aliphatic heterocycles. The molecule has 1 heterocycles. The number of hydrogen-bond acceptors (Lipinski definition) is 3. The molecule has 12 heavy (non-hydrogen) atoms. The van der Waals surface area contributed by atoms with Crippen molar-refractivity contribution in [3.8, 4) is 0 Å². The van der Waals surface area contributed by atoms with E-state index in [0.717, 1.165) is 11.8 Å². The lowest BCUT2D eigenvalue weighted by molar-refractivity contribution is -0.109. The van der Waals surface area contributed by atoms with Crippen molar-refractivity contribution >= 4 is 6.29 Å². The molecule has 0 radical (unpaired) electrons. The molecule has 2 N–H and O–H groups in total. The summed E-state index contributed by atoms with van der Waals surface area (Å²) in [4.78, 5) is 14.6. The third-order valence-electron chi connectivity index (χ3n) is 1.78. The lowest BCUT2D eigenvalue weighted by atomic mass is 9.96. The fourth-order valence-corrected chi connectivity index (χ4v) is 1.08. The van der Waals surface area contributed by atoms with Crippen LogP contribution in [0.2, 0.25) is 0 Å². The van der Waals surface area contributed by atoms with Crippen LogP contribution in [-0.4, -0.2) is 17.3 Å². The van der Waals surface area contributed by atoms with Gasteiger partial charge in [0.15, 0.2) is 0 Å². The van der Waals surface area contributed by atoms with Gasteiger partial charge in [-0.25, -0.2) is 0 Å². The second-order valence-corrected chi connectivity index (χ2v) is 2.81. The van der Waals surface area contributed by atoms with E-state index >= 15 is 0 Å². The summed E-state index contributed by atoms with van der Waals surface area (Å²) in [5.74, 6) is -0.237. The molecule has 0 saturated carbocycles. The summed E-state index contributed by atoms with van der Waals surface area (Å²) < 4.78 is 0. The van der Waals surface area contributed by atoms with Crippen LogP contribution in [0.1, 0.15) is 18.4 Å². The summed E-state index contributed by atoms with van der Waals surface area (Å²) in [7, 11) is 0. The standard InChI is InChI=1S/C9H12N2O/c1-7(10)9(6-12)8-3-2-4-11-5-8/h2-7,9H,10H2,1H3. The SMILES string of the molecule is CC(N)C(C=O)c1cccnc1. The van der Waals surface area contributed by atoms with Crippen LogP contribution in [0.4, 0.5) is 0 Å². The van der Waals surface area contributed by atoms with Gasteiger partial charge in [0.2, 0.25) is 0 Å². The molecule has 0 fully saturated rings. The van der Waals surface area contributed by atoms with E-state index < -0.39 is 0 Å². The Morgan fingerprint density at radius 2 is 2.42 bits per heavy atom. The molecule has 0 bridgehead atoms. The first-order chi connectivity index (χ1) is 5.75. The van der Waals surface area contributed by atoms with Gasteiger partial charge in [0, 0.05) is 18.4 Å². The van der Waals surface area contributed by atoms with Crippen molar-refractivity contribution in [1.29, 1.82) is 0 Å².